The van der Waals surface area contributed by atoms with E-state index in [-0.39, 0.29) is 11.4 Å². The minimum atomic E-state index is -0.353. The van der Waals surface area contributed by atoms with Gasteiger partial charge in [-0.2, -0.15) is 0 Å². The topological polar surface area (TPSA) is 38.1 Å². The number of hydrogen-bond donors (Lipinski definition) is 1. The Balaban J connectivity index is 2.00. The van der Waals surface area contributed by atoms with Crippen molar-refractivity contribution in [2.45, 2.75) is 13.3 Å². The van der Waals surface area contributed by atoms with E-state index in [0.717, 1.165) is 24.2 Å². The van der Waals surface area contributed by atoms with Crippen LogP contribution in [-0.4, -0.2) is 11.5 Å². The average Bonchev–Trinajstić information content (AvgIpc) is 2.91. The van der Waals surface area contributed by atoms with Gasteiger partial charge in [-0.25, -0.2) is 9.37 Å². The maximum atomic E-state index is 13.6. The molecule has 1 N–H and O–H groups in total. The van der Waals surface area contributed by atoms with Gasteiger partial charge in [0.15, 0.2) is 17.2 Å². The van der Waals surface area contributed by atoms with Crippen LogP contribution in [0.1, 0.15) is 13.3 Å². The van der Waals surface area contributed by atoms with Crippen molar-refractivity contribution in [1.82, 2.24) is 4.98 Å². The van der Waals surface area contributed by atoms with Crippen LogP contribution in [0.25, 0.3) is 22.4 Å². The smallest absolute Gasteiger partial charge is 0.170 e. The number of fused-ring (bicyclic) bond motifs is 1. The van der Waals surface area contributed by atoms with Gasteiger partial charge in [-0.15, -0.1) is 0 Å². The number of hydrogen-bond acceptors (Lipinski definition) is 3. The molecular weight excluding hydrogens is 255 g/mol. The van der Waals surface area contributed by atoms with Gasteiger partial charge in [0, 0.05) is 11.9 Å². The molecule has 102 valence electrons. The number of pyridine rings is 1. The maximum absolute atomic E-state index is 13.6. The molecule has 0 radical (unpaired) electrons. The SMILES string of the molecule is CCCNc1cccc(-c2cc3cccc(F)c3o2)n1. The quantitative estimate of drug-likeness (QED) is 0.760. The Hall–Kier alpha value is -2.36. The molecule has 0 atom stereocenters. The Morgan fingerprint density at radius 1 is 1.20 bits per heavy atom. The summed E-state index contributed by atoms with van der Waals surface area (Å²) in [7, 11) is 0. The first kappa shape index (κ1) is 12.7. The molecule has 3 nitrogen and oxygen atoms in total. The van der Waals surface area contributed by atoms with Crippen LogP contribution in [0.4, 0.5) is 10.2 Å². The molecule has 2 aromatic heterocycles. The molecule has 0 unspecified atom stereocenters. The van der Waals surface area contributed by atoms with Crippen LogP contribution in [0.3, 0.4) is 0 Å². The minimum Gasteiger partial charge on any atom is -0.451 e. The summed E-state index contributed by atoms with van der Waals surface area (Å²) >= 11 is 0. The molecule has 2 heterocycles. The van der Waals surface area contributed by atoms with E-state index in [9.17, 15) is 4.39 Å². The lowest BCUT2D eigenvalue weighted by Crippen LogP contribution is -2.01. The first-order valence-corrected chi connectivity index (χ1v) is 6.67. The van der Waals surface area contributed by atoms with Crippen molar-refractivity contribution in [3.63, 3.8) is 0 Å². The molecule has 0 amide bonds. The number of para-hydroxylation sites is 1. The van der Waals surface area contributed by atoms with Gasteiger partial charge < -0.3 is 9.73 Å². The van der Waals surface area contributed by atoms with Gasteiger partial charge in [-0.1, -0.05) is 25.1 Å². The Kier molecular flexibility index (Phi) is 3.37. The monoisotopic (exact) mass is 270 g/mol. The summed E-state index contributed by atoms with van der Waals surface area (Å²) in [6.45, 7) is 2.96. The molecule has 0 bridgehead atoms. The lowest BCUT2D eigenvalue weighted by atomic mass is 10.2. The molecule has 0 saturated heterocycles. The van der Waals surface area contributed by atoms with Gasteiger partial charge in [0.2, 0.25) is 0 Å². The largest absolute Gasteiger partial charge is 0.451 e. The van der Waals surface area contributed by atoms with Crippen molar-refractivity contribution in [2.24, 2.45) is 0 Å². The summed E-state index contributed by atoms with van der Waals surface area (Å²) in [6, 6.07) is 12.4. The van der Waals surface area contributed by atoms with Crippen LogP contribution in [0.15, 0.2) is 46.9 Å². The van der Waals surface area contributed by atoms with Gasteiger partial charge in [-0.3, -0.25) is 0 Å². The molecule has 0 spiro atoms. The van der Waals surface area contributed by atoms with E-state index in [1.165, 1.54) is 6.07 Å². The predicted octanol–water partition coefficient (Wildman–Crippen LogP) is 4.46. The van der Waals surface area contributed by atoms with E-state index in [4.69, 9.17) is 4.42 Å². The summed E-state index contributed by atoms with van der Waals surface area (Å²) in [6.07, 6.45) is 1.03. The highest BCUT2D eigenvalue weighted by Crippen LogP contribution is 2.28. The Morgan fingerprint density at radius 3 is 2.85 bits per heavy atom. The molecule has 0 aliphatic carbocycles. The standard InChI is InChI=1S/C16H15FN2O/c1-2-9-18-15-8-4-7-13(19-15)14-10-11-5-3-6-12(17)16(11)20-14/h3-8,10H,2,9H2,1H3,(H,18,19). The first-order chi connectivity index (χ1) is 9.78. The molecule has 3 rings (SSSR count). The molecule has 0 saturated carbocycles. The van der Waals surface area contributed by atoms with Gasteiger partial charge in [0.25, 0.3) is 0 Å². The second-order valence-electron chi connectivity index (χ2n) is 4.60. The molecule has 0 aliphatic rings. The Bertz CT molecular complexity index is 736. The van der Waals surface area contributed by atoms with E-state index in [0.29, 0.717) is 11.5 Å². The van der Waals surface area contributed by atoms with Crippen LogP contribution in [0.2, 0.25) is 0 Å². The molecule has 4 heteroatoms. The highest BCUT2D eigenvalue weighted by atomic mass is 19.1. The number of halogens is 1. The normalized spacial score (nSPS) is 10.9. The summed E-state index contributed by atoms with van der Waals surface area (Å²) < 4.78 is 19.2. The van der Waals surface area contributed by atoms with Crippen molar-refractivity contribution in [2.75, 3.05) is 11.9 Å². The summed E-state index contributed by atoms with van der Waals surface area (Å²) in [5, 5.41) is 3.97. The molecule has 20 heavy (non-hydrogen) atoms. The fraction of sp³-hybridized carbons (Fsp3) is 0.188. The van der Waals surface area contributed by atoms with Crippen molar-refractivity contribution in [3.8, 4) is 11.5 Å². The third kappa shape index (κ3) is 2.37. The van der Waals surface area contributed by atoms with Gasteiger partial charge in [0.1, 0.15) is 11.5 Å². The van der Waals surface area contributed by atoms with E-state index < -0.39 is 0 Å². The van der Waals surface area contributed by atoms with Crippen LogP contribution in [-0.2, 0) is 0 Å². The second kappa shape index (κ2) is 5.33. The Morgan fingerprint density at radius 2 is 2.05 bits per heavy atom. The number of aromatic nitrogens is 1. The second-order valence-corrected chi connectivity index (χ2v) is 4.60. The van der Waals surface area contributed by atoms with E-state index in [1.54, 1.807) is 6.07 Å². The third-order valence-electron chi connectivity index (χ3n) is 3.05. The maximum Gasteiger partial charge on any atom is 0.170 e. The summed E-state index contributed by atoms with van der Waals surface area (Å²) in [4.78, 5) is 4.48. The Labute approximate surface area is 116 Å². The van der Waals surface area contributed by atoms with Crippen LogP contribution in [0, 0.1) is 5.82 Å². The van der Waals surface area contributed by atoms with Crippen molar-refractivity contribution < 1.29 is 8.81 Å². The van der Waals surface area contributed by atoms with E-state index in [1.807, 2.05) is 30.3 Å². The molecule has 3 aromatic rings. The van der Waals surface area contributed by atoms with Crippen molar-refractivity contribution >= 4 is 16.8 Å². The van der Waals surface area contributed by atoms with Crippen LogP contribution >= 0.6 is 0 Å². The number of nitrogens with one attached hydrogen (secondary N) is 1. The zero-order valence-electron chi connectivity index (χ0n) is 11.2. The zero-order chi connectivity index (χ0) is 13.9. The fourth-order valence-electron chi connectivity index (χ4n) is 2.08. The molecule has 0 aliphatic heterocycles. The van der Waals surface area contributed by atoms with Gasteiger partial charge in [-0.05, 0) is 30.7 Å². The lowest BCUT2D eigenvalue weighted by molar-refractivity contribution is 0.567. The number of anilines is 1. The number of furan rings is 1. The van der Waals surface area contributed by atoms with Gasteiger partial charge in [0.05, 0.1) is 0 Å². The number of rotatable bonds is 4. The molecular formula is C16H15FN2O. The minimum absolute atomic E-state index is 0.274. The molecule has 1 aromatic carbocycles. The predicted molar refractivity (Wildman–Crippen MR) is 78.2 cm³/mol. The van der Waals surface area contributed by atoms with E-state index in [2.05, 4.69) is 17.2 Å². The number of nitrogens with zero attached hydrogens (tertiary/aromatic N) is 1. The highest BCUT2D eigenvalue weighted by Gasteiger charge is 2.10. The number of benzene rings is 1. The van der Waals surface area contributed by atoms with Crippen molar-refractivity contribution in [1.29, 1.82) is 0 Å². The van der Waals surface area contributed by atoms with Crippen LogP contribution in [0.5, 0.6) is 0 Å². The highest BCUT2D eigenvalue weighted by molar-refractivity contribution is 5.82. The zero-order valence-corrected chi connectivity index (χ0v) is 11.2. The molecule has 0 fully saturated rings. The lowest BCUT2D eigenvalue weighted by Gasteiger charge is -2.04. The average molecular weight is 270 g/mol. The fourth-order valence-corrected chi connectivity index (χ4v) is 2.08. The summed E-state index contributed by atoms with van der Waals surface area (Å²) in [5.41, 5.74) is 0.970. The summed E-state index contributed by atoms with van der Waals surface area (Å²) in [5.74, 6) is 1.02. The van der Waals surface area contributed by atoms with E-state index >= 15 is 0 Å². The third-order valence-corrected chi connectivity index (χ3v) is 3.05. The van der Waals surface area contributed by atoms with Gasteiger partial charge >= 0.3 is 0 Å². The first-order valence-electron chi connectivity index (χ1n) is 6.67. The van der Waals surface area contributed by atoms with Crippen LogP contribution < -0.4 is 5.32 Å². The van der Waals surface area contributed by atoms with Crippen molar-refractivity contribution in [3.05, 3.63) is 48.3 Å².